The Morgan fingerprint density at radius 2 is 1.94 bits per heavy atom. The Labute approximate surface area is 110 Å². The molecule has 0 bridgehead atoms. The molecule has 0 spiro atoms. The van der Waals surface area contributed by atoms with E-state index >= 15 is 0 Å². The van der Waals surface area contributed by atoms with Gasteiger partial charge in [0.25, 0.3) is 0 Å². The summed E-state index contributed by atoms with van der Waals surface area (Å²) in [6, 6.07) is 8.84. The molecule has 0 saturated heterocycles. The van der Waals surface area contributed by atoms with Gasteiger partial charge in [0, 0.05) is 12.6 Å². The predicted octanol–water partition coefficient (Wildman–Crippen LogP) is 2.85. The van der Waals surface area contributed by atoms with E-state index in [0.29, 0.717) is 19.6 Å². The highest BCUT2D eigenvalue weighted by atomic mass is 16.5. The number of carbonyl (C=O) groups is 1. The standard InChI is InChI=1S/C15H23NO2/c1-4-13-6-8-14(9-7-13)12(3)16-11-10-15(17)18-5-2/h6-9,12,16H,4-5,10-11H2,1-3H3. The van der Waals surface area contributed by atoms with Crippen molar-refractivity contribution < 1.29 is 9.53 Å². The number of aryl methyl sites for hydroxylation is 1. The molecule has 1 unspecified atom stereocenters. The number of nitrogens with one attached hydrogen (secondary N) is 1. The molecule has 0 aromatic heterocycles. The summed E-state index contributed by atoms with van der Waals surface area (Å²) >= 11 is 0. The van der Waals surface area contributed by atoms with Gasteiger partial charge >= 0.3 is 5.97 Å². The van der Waals surface area contributed by atoms with Crippen molar-refractivity contribution >= 4 is 5.97 Å². The smallest absolute Gasteiger partial charge is 0.307 e. The topological polar surface area (TPSA) is 38.3 Å². The van der Waals surface area contributed by atoms with E-state index in [1.54, 1.807) is 0 Å². The van der Waals surface area contributed by atoms with E-state index in [9.17, 15) is 4.79 Å². The summed E-state index contributed by atoms with van der Waals surface area (Å²) in [7, 11) is 0. The van der Waals surface area contributed by atoms with Crippen LogP contribution in [-0.2, 0) is 16.0 Å². The van der Waals surface area contributed by atoms with Crippen LogP contribution in [0.5, 0.6) is 0 Å². The maximum atomic E-state index is 11.2. The van der Waals surface area contributed by atoms with E-state index in [1.165, 1.54) is 11.1 Å². The number of esters is 1. The maximum Gasteiger partial charge on any atom is 0.307 e. The fourth-order valence-corrected chi connectivity index (χ4v) is 1.78. The van der Waals surface area contributed by atoms with Crippen molar-refractivity contribution in [3.63, 3.8) is 0 Å². The van der Waals surface area contributed by atoms with Crippen LogP contribution >= 0.6 is 0 Å². The second-order valence-corrected chi connectivity index (χ2v) is 4.33. The molecule has 0 amide bonds. The SMILES string of the molecule is CCOC(=O)CCNC(C)c1ccc(CC)cc1. The van der Waals surface area contributed by atoms with E-state index in [2.05, 4.69) is 43.4 Å². The zero-order valence-corrected chi connectivity index (χ0v) is 11.5. The highest BCUT2D eigenvalue weighted by molar-refractivity contribution is 5.69. The Morgan fingerprint density at radius 1 is 1.28 bits per heavy atom. The number of rotatable bonds is 7. The minimum Gasteiger partial charge on any atom is -0.466 e. The van der Waals surface area contributed by atoms with Crippen molar-refractivity contribution in [3.05, 3.63) is 35.4 Å². The molecule has 100 valence electrons. The molecule has 0 radical (unpaired) electrons. The summed E-state index contributed by atoms with van der Waals surface area (Å²) in [5.74, 6) is -0.140. The van der Waals surface area contributed by atoms with Crippen molar-refractivity contribution in [2.75, 3.05) is 13.2 Å². The zero-order valence-electron chi connectivity index (χ0n) is 11.5. The lowest BCUT2D eigenvalue weighted by molar-refractivity contribution is -0.143. The lowest BCUT2D eigenvalue weighted by atomic mass is 10.1. The first-order valence-corrected chi connectivity index (χ1v) is 6.65. The highest BCUT2D eigenvalue weighted by Gasteiger charge is 2.06. The highest BCUT2D eigenvalue weighted by Crippen LogP contribution is 2.13. The van der Waals surface area contributed by atoms with Crippen LogP contribution in [0.2, 0.25) is 0 Å². The molecular weight excluding hydrogens is 226 g/mol. The molecule has 0 fully saturated rings. The summed E-state index contributed by atoms with van der Waals surface area (Å²) in [5, 5.41) is 3.32. The van der Waals surface area contributed by atoms with E-state index in [0.717, 1.165) is 6.42 Å². The quantitative estimate of drug-likeness (QED) is 0.755. The molecule has 0 aliphatic carbocycles. The van der Waals surface area contributed by atoms with Crippen molar-refractivity contribution in [2.24, 2.45) is 0 Å². The number of hydrogen-bond acceptors (Lipinski definition) is 3. The van der Waals surface area contributed by atoms with Crippen molar-refractivity contribution in [1.82, 2.24) is 5.32 Å². The molecular formula is C15H23NO2. The summed E-state index contributed by atoms with van der Waals surface area (Å²) < 4.78 is 4.88. The first-order valence-electron chi connectivity index (χ1n) is 6.65. The summed E-state index contributed by atoms with van der Waals surface area (Å²) in [6.45, 7) is 7.17. The van der Waals surface area contributed by atoms with E-state index < -0.39 is 0 Å². The zero-order chi connectivity index (χ0) is 13.4. The number of benzene rings is 1. The predicted molar refractivity (Wildman–Crippen MR) is 73.5 cm³/mol. The second kappa shape index (κ2) is 7.88. The molecule has 18 heavy (non-hydrogen) atoms. The van der Waals surface area contributed by atoms with Gasteiger partial charge in [-0.2, -0.15) is 0 Å². The van der Waals surface area contributed by atoms with Gasteiger partial charge in [0.15, 0.2) is 0 Å². The van der Waals surface area contributed by atoms with Gasteiger partial charge in [-0.3, -0.25) is 4.79 Å². The third kappa shape index (κ3) is 4.88. The van der Waals surface area contributed by atoms with Gasteiger partial charge in [0.1, 0.15) is 0 Å². The molecule has 1 atom stereocenters. The number of ether oxygens (including phenoxy) is 1. The fraction of sp³-hybridized carbons (Fsp3) is 0.533. The molecule has 0 heterocycles. The van der Waals surface area contributed by atoms with E-state index in [-0.39, 0.29) is 12.0 Å². The molecule has 0 aliphatic heterocycles. The lowest BCUT2D eigenvalue weighted by Crippen LogP contribution is -2.22. The van der Waals surface area contributed by atoms with Crippen LogP contribution < -0.4 is 5.32 Å². The van der Waals surface area contributed by atoms with Gasteiger partial charge in [-0.25, -0.2) is 0 Å². The van der Waals surface area contributed by atoms with Gasteiger partial charge in [0.05, 0.1) is 13.0 Å². The molecule has 1 aromatic rings. The van der Waals surface area contributed by atoms with Gasteiger partial charge < -0.3 is 10.1 Å². The monoisotopic (exact) mass is 249 g/mol. The first kappa shape index (κ1) is 14.7. The van der Waals surface area contributed by atoms with Crippen LogP contribution in [0.1, 0.15) is 44.4 Å². The Kier molecular flexibility index (Phi) is 6.44. The Bertz CT molecular complexity index is 359. The Balaban J connectivity index is 2.35. The molecule has 0 saturated carbocycles. The molecule has 1 aromatic carbocycles. The lowest BCUT2D eigenvalue weighted by Gasteiger charge is -2.14. The third-order valence-corrected chi connectivity index (χ3v) is 2.97. The average molecular weight is 249 g/mol. The summed E-state index contributed by atoms with van der Waals surface area (Å²) in [6.07, 6.45) is 1.48. The largest absolute Gasteiger partial charge is 0.466 e. The molecule has 3 nitrogen and oxygen atoms in total. The van der Waals surface area contributed by atoms with Crippen LogP contribution in [0.25, 0.3) is 0 Å². The Hall–Kier alpha value is -1.35. The van der Waals surface area contributed by atoms with Crippen molar-refractivity contribution in [2.45, 2.75) is 39.7 Å². The fourth-order valence-electron chi connectivity index (χ4n) is 1.78. The molecule has 0 aliphatic rings. The van der Waals surface area contributed by atoms with Crippen LogP contribution in [0.3, 0.4) is 0 Å². The Morgan fingerprint density at radius 3 is 2.50 bits per heavy atom. The molecule has 1 rings (SSSR count). The molecule has 1 N–H and O–H groups in total. The number of carbonyl (C=O) groups excluding carboxylic acids is 1. The number of hydrogen-bond donors (Lipinski definition) is 1. The van der Waals surface area contributed by atoms with Crippen LogP contribution in [0, 0.1) is 0 Å². The summed E-state index contributed by atoms with van der Waals surface area (Å²) in [4.78, 5) is 11.2. The van der Waals surface area contributed by atoms with Gasteiger partial charge in [0.2, 0.25) is 0 Å². The third-order valence-electron chi connectivity index (χ3n) is 2.97. The van der Waals surface area contributed by atoms with Gasteiger partial charge in [-0.15, -0.1) is 0 Å². The normalized spacial score (nSPS) is 12.2. The maximum absolute atomic E-state index is 11.2. The van der Waals surface area contributed by atoms with Crippen LogP contribution in [0.15, 0.2) is 24.3 Å². The second-order valence-electron chi connectivity index (χ2n) is 4.33. The van der Waals surface area contributed by atoms with Gasteiger partial charge in [-0.05, 0) is 31.4 Å². The van der Waals surface area contributed by atoms with Crippen molar-refractivity contribution in [1.29, 1.82) is 0 Å². The molecule has 3 heteroatoms. The van der Waals surface area contributed by atoms with Crippen LogP contribution in [0.4, 0.5) is 0 Å². The minimum atomic E-state index is -0.140. The van der Waals surface area contributed by atoms with Gasteiger partial charge in [-0.1, -0.05) is 31.2 Å². The average Bonchev–Trinajstić information content (AvgIpc) is 2.39. The summed E-state index contributed by atoms with van der Waals surface area (Å²) in [5.41, 5.74) is 2.59. The van der Waals surface area contributed by atoms with E-state index in [4.69, 9.17) is 4.74 Å². The van der Waals surface area contributed by atoms with Crippen molar-refractivity contribution in [3.8, 4) is 0 Å². The minimum absolute atomic E-state index is 0.140. The first-order chi connectivity index (χ1) is 8.67. The van der Waals surface area contributed by atoms with Crippen LogP contribution in [-0.4, -0.2) is 19.1 Å². The van der Waals surface area contributed by atoms with E-state index in [1.807, 2.05) is 6.92 Å².